The van der Waals surface area contributed by atoms with E-state index in [1.54, 1.807) is 4.90 Å². The number of piperidine rings is 1. The largest absolute Gasteiger partial charge is 0.395 e. The van der Waals surface area contributed by atoms with Gasteiger partial charge in [-0.2, -0.15) is 0 Å². The second kappa shape index (κ2) is 5.19. The van der Waals surface area contributed by atoms with Crippen LogP contribution in [-0.2, 0) is 4.79 Å². The van der Waals surface area contributed by atoms with E-state index >= 15 is 0 Å². The molecule has 0 aromatic carbocycles. The molecule has 1 saturated heterocycles. The summed E-state index contributed by atoms with van der Waals surface area (Å²) in [6.07, 6.45) is 2.90. The number of carbonyl (C=O) groups excluding carboxylic acids is 1. The van der Waals surface area contributed by atoms with Crippen LogP contribution in [0.1, 0.15) is 12.8 Å². The van der Waals surface area contributed by atoms with Crippen molar-refractivity contribution in [3.8, 4) is 0 Å². The molecule has 0 aromatic rings. The van der Waals surface area contributed by atoms with Gasteiger partial charge in [0.1, 0.15) is 0 Å². The van der Waals surface area contributed by atoms with Gasteiger partial charge in [-0.25, -0.2) is 0 Å². The van der Waals surface area contributed by atoms with Crippen LogP contribution in [0.5, 0.6) is 0 Å². The predicted molar refractivity (Wildman–Crippen MR) is 50.4 cm³/mol. The molecule has 0 unspecified atom stereocenters. The second-order valence-corrected chi connectivity index (χ2v) is 3.60. The van der Waals surface area contributed by atoms with E-state index in [0.29, 0.717) is 12.6 Å². The molecule has 1 aliphatic heterocycles. The first-order chi connectivity index (χ1) is 6.27. The van der Waals surface area contributed by atoms with Gasteiger partial charge in [0.2, 0.25) is 6.41 Å². The number of amides is 1. The van der Waals surface area contributed by atoms with Crippen LogP contribution >= 0.6 is 0 Å². The van der Waals surface area contributed by atoms with Gasteiger partial charge in [-0.15, -0.1) is 0 Å². The molecule has 0 bridgehead atoms. The summed E-state index contributed by atoms with van der Waals surface area (Å²) in [5.41, 5.74) is 0. The lowest BCUT2D eigenvalue weighted by Crippen LogP contribution is -2.44. The first-order valence-electron chi connectivity index (χ1n) is 4.78. The van der Waals surface area contributed by atoms with Crippen molar-refractivity contribution in [2.75, 3.05) is 33.3 Å². The van der Waals surface area contributed by atoms with E-state index in [9.17, 15) is 4.79 Å². The van der Waals surface area contributed by atoms with E-state index in [2.05, 4.69) is 11.9 Å². The zero-order valence-electron chi connectivity index (χ0n) is 8.15. The van der Waals surface area contributed by atoms with E-state index in [1.165, 1.54) is 0 Å². The van der Waals surface area contributed by atoms with Gasteiger partial charge >= 0.3 is 0 Å². The molecule has 76 valence electrons. The van der Waals surface area contributed by atoms with Gasteiger partial charge in [0.05, 0.1) is 6.61 Å². The van der Waals surface area contributed by atoms with Crippen molar-refractivity contribution in [3.63, 3.8) is 0 Å². The Morgan fingerprint density at radius 2 is 2.15 bits per heavy atom. The summed E-state index contributed by atoms with van der Waals surface area (Å²) in [7, 11) is 2.09. The van der Waals surface area contributed by atoms with Gasteiger partial charge in [0.25, 0.3) is 0 Å². The predicted octanol–water partition coefficient (Wildman–Crippen LogP) is -0.469. The number of aliphatic hydroxyl groups is 1. The standard InChI is InChI=1S/C9H18N2O2/c1-10-4-2-9(3-5-10)11(8-13)6-7-12/h8-9,12H,2-7H2,1H3. The van der Waals surface area contributed by atoms with E-state index in [1.807, 2.05) is 0 Å². The Hall–Kier alpha value is -0.610. The van der Waals surface area contributed by atoms with Crippen LogP contribution in [0.2, 0.25) is 0 Å². The van der Waals surface area contributed by atoms with Gasteiger partial charge in [-0.3, -0.25) is 4.79 Å². The van der Waals surface area contributed by atoms with Crippen molar-refractivity contribution in [3.05, 3.63) is 0 Å². The van der Waals surface area contributed by atoms with Crippen LogP contribution in [0.3, 0.4) is 0 Å². The molecule has 1 heterocycles. The Morgan fingerprint density at radius 3 is 2.62 bits per heavy atom. The number of hydrogen-bond donors (Lipinski definition) is 1. The maximum atomic E-state index is 10.7. The molecular formula is C9H18N2O2. The molecule has 0 aliphatic carbocycles. The minimum absolute atomic E-state index is 0.0606. The summed E-state index contributed by atoms with van der Waals surface area (Å²) in [4.78, 5) is 14.7. The Bertz CT molecular complexity index is 156. The Labute approximate surface area is 79.1 Å². The fourth-order valence-corrected chi connectivity index (χ4v) is 1.76. The van der Waals surface area contributed by atoms with Crippen molar-refractivity contribution in [1.29, 1.82) is 0 Å². The molecule has 0 aromatic heterocycles. The highest BCUT2D eigenvalue weighted by Crippen LogP contribution is 2.13. The monoisotopic (exact) mass is 186 g/mol. The third kappa shape index (κ3) is 2.97. The van der Waals surface area contributed by atoms with Crippen molar-refractivity contribution in [2.24, 2.45) is 0 Å². The third-order valence-electron chi connectivity index (χ3n) is 2.65. The van der Waals surface area contributed by atoms with E-state index in [4.69, 9.17) is 5.11 Å². The molecule has 1 fully saturated rings. The molecule has 0 saturated carbocycles. The van der Waals surface area contributed by atoms with Crippen molar-refractivity contribution >= 4 is 6.41 Å². The topological polar surface area (TPSA) is 43.8 Å². The minimum Gasteiger partial charge on any atom is -0.395 e. The van der Waals surface area contributed by atoms with Crippen LogP contribution in [-0.4, -0.2) is 60.6 Å². The van der Waals surface area contributed by atoms with Gasteiger partial charge in [0, 0.05) is 12.6 Å². The molecule has 1 amide bonds. The van der Waals surface area contributed by atoms with Crippen LogP contribution in [0.15, 0.2) is 0 Å². The highest BCUT2D eigenvalue weighted by molar-refractivity contribution is 5.47. The smallest absolute Gasteiger partial charge is 0.210 e. The minimum atomic E-state index is 0.0606. The molecule has 13 heavy (non-hydrogen) atoms. The molecule has 0 spiro atoms. The first kappa shape index (κ1) is 10.5. The number of aliphatic hydroxyl groups excluding tert-OH is 1. The Morgan fingerprint density at radius 1 is 1.54 bits per heavy atom. The average molecular weight is 186 g/mol. The fraction of sp³-hybridized carbons (Fsp3) is 0.889. The molecule has 1 aliphatic rings. The quantitative estimate of drug-likeness (QED) is 0.604. The maximum Gasteiger partial charge on any atom is 0.210 e. The summed E-state index contributed by atoms with van der Waals surface area (Å²) < 4.78 is 0. The van der Waals surface area contributed by atoms with E-state index in [0.717, 1.165) is 32.3 Å². The van der Waals surface area contributed by atoms with Crippen LogP contribution < -0.4 is 0 Å². The zero-order valence-corrected chi connectivity index (χ0v) is 8.15. The summed E-state index contributed by atoms with van der Waals surface area (Å²) >= 11 is 0. The first-order valence-corrected chi connectivity index (χ1v) is 4.78. The van der Waals surface area contributed by atoms with Gasteiger partial charge < -0.3 is 14.9 Å². The Balaban J connectivity index is 2.36. The molecule has 0 atom stereocenters. The van der Waals surface area contributed by atoms with Crippen LogP contribution in [0, 0.1) is 0 Å². The summed E-state index contributed by atoms with van der Waals surface area (Å²) in [5.74, 6) is 0. The van der Waals surface area contributed by atoms with E-state index < -0.39 is 0 Å². The van der Waals surface area contributed by atoms with E-state index in [-0.39, 0.29) is 6.61 Å². The molecule has 4 nitrogen and oxygen atoms in total. The number of hydrogen-bond acceptors (Lipinski definition) is 3. The summed E-state index contributed by atoms with van der Waals surface area (Å²) in [6, 6.07) is 0.334. The van der Waals surface area contributed by atoms with Gasteiger partial charge in [-0.05, 0) is 33.0 Å². The average Bonchev–Trinajstić information content (AvgIpc) is 2.16. The summed E-state index contributed by atoms with van der Waals surface area (Å²) in [5, 5.41) is 8.74. The second-order valence-electron chi connectivity index (χ2n) is 3.60. The van der Waals surface area contributed by atoms with Crippen molar-refractivity contribution < 1.29 is 9.90 Å². The van der Waals surface area contributed by atoms with Crippen LogP contribution in [0.25, 0.3) is 0 Å². The summed E-state index contributed by atoms with van der Waals surface area (Å²) in [6.45, 7) is 2.61. The zero-order chi connectivity index (χ0) is 9.68. The molecule has 1 N–H and O–H groups in total. The normalized spacial score (nSPS) is 20.2. The molecule has 4 heteroatoms. The Kier molecular flexibility index (Phi) is 4.18. The number of carbonyl (C=O) groups is 1. The molecule has 1 rings (SSSR count). The lowest BCUT2D eigenvalue weighted by Gasteiger charge is -2.34. The number of likely N-dealkylation sites (tertiary alicyclic amines) is 1. The number of nitrogens with zero attached hydrogens (tertiary/aromatic N) is 2. The van der Waals surface area contributed by atoms with Crippen molar-refractivity contribution in [1.82, 2.24) is 9.80 Å². The number of rotatable bonds is 4. The van der Waals surface area contributed by atoms with Crippen LogP contribution in [0.4, 0.5) is 0 Å². The highest BCUT2D eigenvalue weighted by Gasteiger charge is 2.21. The lowest BCUT2D eigenvalue weighted by molar-refractivity contribution is -0.121. The van der Waals surface area contributed by atoms with Crippen molar-refractivity contribution in [2.45, 2.75) is 18.9 Å². The SMILES string of the molecule is CN1CCC(N(C=O)CCO)CC1. The lowest BCUT2D eigenvalue weighted by atomic mass is 10.0. The molecule has 0 radical (unpaired) electrons. The fourth-order valence-electron chi connectivity index (χ4n) is 1.76. The maximum absolute atomic E-state index is 10.7. The third-order valence-corrected chi connectivity index (χ3v) is 2.65. The van der Waals surface area contributed by atoms with Gasteiger partial charge in [0.15, 0.2) is 0 Å². The van der Waals surface area contributed by atoms with Gasteiger partial charge in [-0.1, -0.05) is 0 Å². The molecular weight excluding hydrogens is 168 g/mol. The highest BCUT2D eigenvalue weighted by atomic mass is 16.3.